The summed E-state index contributed by atoms with van der Waals surface area (Å²) in [7, 11) is 0. The average molecular weight is 373 g/mol. The molecule has 2 rings (SSSR count). The van der Waals surface area contributed by atoms with Gasteiger partial charge in [0.2, 0.25) is 11.8 Å². The summed E-state index contributed by atoms with van der Waals surface area (Å²) < 4.78 is 0. The largest absolute Gasteiger partial charge is 0.369 e. The molecule has 1 aliphatic heterocycles. The first-order valence-electron chi connectivity index (χ1n) is 9.57. The highest BCUT2D eigenvalue weighted by molar-refractivity contribution is 5.94. The Labute approximate surface area is 161 Å². The number of nitrogens with two attached hydrogens (primary N) is 1. The summed E-state index contributed by atoms with van der Waals surface area (Å²) in [6, 6.07) is 7.62. The van der Waals surface area contributed by atoms with E-state index < -0.39 is 0 Å². The average Bonchev–Trinajstić information content (AvgIpc) is 2.61. The summed E-state index contributed by atoms with van der Waals surface area (Å²) in [6.07, 6.45) is 1.70. The molecule has 148 valence electrons. The molecular weight excluding hydrogens is 342 g/mol. The predicted octanol–water partition coefficient (Wildman–Crippen LogP) is 2.22. The van der Waals surface area contributed by atoms with Crippen molar-refractivity contribution in [1.82, 2.24) is 10.2 Å². The fourth-order valence-corrected chi connectivity index (χ4v) is 3.34. The summed E-state index contributed by atoms with van der Waals surface area (Å²) in [5.41, 5.74) is 7.16. The Morgan fingerprint density at radius 3 is 2.33 bits per heavy atom. The monoisotopic (exact) mass is 373 g/mol. The van der Waals surface area contributed by atoms with E-state index in [1.165, 1.54) is 0 Å². The van der Waals surface area contributed by atoms with Crippen molar-refractivity contribution in [2.45, 2.75) is 58.4 Å². The normalized spacial score (nSPS) is 20.2. The number of nitrogens with zero attached hydrogens (tertiary/aromatic N) is 1. The van der Waals surface area contributed by atoms with Crippen LogP contribution in [0.1, 0.15) is 62.9 Å². The number of primary amides is 1. The Kier molecular flexibility index (Phi) is 6.63. The first kappa shape index (κ1) is 20.9. The SMILES string of the molecule is C[C@H]1CC[C@H](C(N)=O)CN1C(=O)CCNC(=O)c1ccc(C(C)(C)C)cc1. The fraction of sp³-hybridized carbons (Fsp3) is 0.571. The molecule has 3 amide bonds. The molecule has 3 N–H and O–H groups in total. The van der Waals surface area contributed by atoms with E-state index in [2.05, 4.69) is 26.1 Å². The number of carbonyl (C=O) groups excluding carboxylic acids is 3. The number of rotatable bonds is 5. The van der Waals surface area contributed by atoms with Gasteiger partial charge in [-0.1, -0.05) is 32.9 Å². The van der Waals surface area contributed by atoms with Gasteiger partial charge in [0.25, 0.3) is 5.91 Å². The van der Waals surface area contributed by atoms with Gasteiger partial charge < -0.3 is 16.0 Å². The van der Waals surface area contributed by atoms with Crippen LogP contribution < -0.4 is 11.1 Å². The van der Waals surface area contributed by atoms with Crippen LogP contribution in [0.15, 0.2) is 24.3 Å². The second-order valence-corrected chi connectivity index (χ2v) is 8.41. The van der Waals surface area contributed by atoms with Crippen LogP contribution in [0, 0.1) is 5.92 Å². The number of amides is 3. The van der Waals surface area contributed by atoms with Crippen LogP contribution in [0.2, 0.25) is 0 Å². The van der Waals surface area contributed by atoms with Crippen LogP contribution in [-0.2, 0) is 15.0 Å². The highest BCUT2D eigenvalue weighted by Crippen LogP contribution is 2.23. The molecule has 6 nitrogen and oxygen atoms in total. The molecule has 0 radical (unpaired) electrons. The maximum absolute atomic E-state index is 12.5. The molecule has 0 aliphatic carbocycles. The third kappa shape index (κ3) is 5.55. The summed E-state index contributed by atoms with van der Waals surface area (Å²) in [4.78, 5) is 37.9. The molecule has 6 heteroatoms. The van der Waals surface area contributed by atoms with Gasteiger partial charge in [-0.05, 0) is 42.9 Å². The van der Waals surface area contributed by atoms with Gasteiger partial charge in [0, 0.05) is 31.1 Å². The van der Waals surface area contributed by atoms with E-state index in [1.807, 2.05) is 31.2 Å². The second-order valence-electron chi connectivity index (χ2n) is 8.41. The molecule has 1 heterocycles. The van der Waals surface area contributed by atoms with Crippen molar-refractivity contribution in [3.05, 3.63) is 35.4 Å². The zero-order valence-electron chi connectivity index (χ0n) is 16.7. The van der Waals surface area contributed by atoms with E-state index in [0.29, 0.717) is 12.1 Å². The van der Waals surface area contributed by atoms with Crippen molar-refractivity contribution >= 4 is 17.7 Å². The Morgan fingerprint density at radius 1 is 1.15 bits per heavy atom. The molecule has 1 fully saturated rings. The van der Waals surface area contributed by atoms with Crippen molar-refractivity contribution in [3.63, 3.8) is 0 Å². The van der Waals surface area contributed by atoms with E-state index in [-0.39, 0.29) is 48.1 Å². The van der Waals surface area contributed by atoms with Crippen LogP contribution in [-0.4, -0.2) is 41.8 Å². The summed E-state index contributed by atoms with van der Waals surface area (Å²) in [5, 5.41) is 2.80. The van der Waals surface area contributed by atoms with Gasteiger partial charge in [0.1, 0.15) is 0 Å². The zero-order chi connectivity index (χ0) is 20.2. The van der Waals surface area contributed by atoms with Crippen LogP contribution >= 0.6 is 0 Å². The number of likely N-dealkylation sites (tertiary alicyclic amines) is 1. The number of piperidine rings is 1. The molecule has 0 unspecified atom stereocenters. The van der Waals surface area contributed by atoms with E-state index >= 15 is 0 Å². The van der Waals surface area contributed by atoms with Crippen LogP contribution in [0.3, 0.4) is 0 Å². The lowest BCUT2D eigenvalue weighted by atomic mass is 9.87. The standard InChI is InChI=1S/C21H31N3O3/c1-14-5-6-16(19(22)26)13-24(14)18(25)11-12-23-20(27)15-7-9-17(10-8-15)21(2,3)4/h7-10,14,16H,5-6,11-13H2,1-4H3,(H2,22,26)(H,23,27)/t14-,16-/m0/s1. The van der Waals surface area contributed by atoms with Crippen LogP contribution in [0.5, 0.6) is 0 Å². The van der Waals surface area contributed by atoms with Gasteiger partial charge in [-0.15, -0.1) is 0 Å². The minimum absolute atomic E-state index is 0.0370. The Hall–Kier alpha value is -2.37. The topological polar surface area (TPSA) is 92.5 Å². The molecule has 1 saturated heterocycles. The Balaban J connectivity index is 1.85. The molecule has 0 aromatic heterocycles. The maximum atomic E-state index is 12.5. The van der Waals surface area contributed by atoms with Gasteiger partial charge in [-0.25, -0.2) is 0 Å². The lowest BCUT2D eigenvalue weighted by molar-refractivity contribution is -0.137. The summed E-state index contributed by atoms with van der Waals surface area (Å²) >= 11 is 0. The van der Waals surface area contributed by atoms with Crippen molar-refractivity contribution in [3.8, 4) is 0 Å². The minimum Gasteiger partial charge on any atom is -0.369 e. The van der Waals surface area contributed by atoms with E-state index in [0.717, 1.165) is 18.4 Å². The van der Waals surface area contributed by atoms with Gasteiger partial charge in [-0.2, -0.15) is 0 Å². The quantitative estimate of drug-likeness (QED) is 0.829. The predicted molar refractivity (Wildman–Crippen MR) is 105 cm³/mol. The first-order valence-corrected chi connectivity index (χ1v) is 9.57. The smallest absolute Gasteiger partial charge is 0.251 e. The highest BCUT2D eigenvalue weighted by atomic mass is 16.2. The number of carbonyl (C=O) groups is 3. The van der Waals surface area contributed by atoms with Crippen molar-refractivity contribution in [2.24, 2.45) is 11.7 Å². The zero-order valence-corrected chi connectivity index (χ0v) is 16.7. The fourth-order valence-electron chi connectivity index (χ4n) is 3.34. The van der Waals surface area contributed by atoms with Gasteiger partial charge in [0.05, 0.1) is 5.92 Å². The van der Waals surface area contributed by atoms with Gasteiger partial charge >= 0.3 is 0 Å². The van der Waals surface area contributed by atoms with Gasteiger partial charge in [-0.3, -0.25) is 14.4 Å². The molecule has 0 spiro atoms. The minimum atomic E-state index is -0.355. The number of hydrogen-bond donors (Lipinski definition) is 2. The summed E-state index contributed by atoms with van der Waals surface area (Å²) in [5.74, 6) is -0.880. The number of nitrogens with one attached hydrogen (secondary N) is 1. The molecule has 2 atom stereocenters. The molecular formula is C21H31N3O3. The van der Waals surface area contributed by atoms with Crippen molar-refractivity contribution in [1.29, 1.82) is 0 Å². The first-order chi connectivity index (χ1) is 12.6. The van der Waals surface area contributed by atoms with Crippen LogP contribution in [0.25, 0.3) is 0 Å². The summed E-state index contributed by atoms with van der Waals surface area (Å²) in [6.45, 7) is 8.99. The number of benzene rings is 1. The molecule has 27 heavy (non-hydrogen) atoms. The van der Waals surface area contributed by atoms with E-state index in [1.54, 1.807) is 4.90 Å². The second kappa shape index (κ2) is 8.55. The molecule has 0 bridgehead atoms. The van der Waals surface area contributed by atoms with E-state index in [9.17, 15) is 14.4 Å². The highest BCUT2D eigenvalue weighted by Gasteiger charge is 2.31. The van der Waals surface area contributed by atoms with Crippen LogP contribution in [0.4, 0.5) is 0 Å². The Morgan fingerprint density at radius 2 is 1.78 bits per heavy atom. The van der Waals surface area contributed by atoms with Crippen molar-refractivity contribution in [2.75, 3.05) is 13.1 Å². The Bertz CT molecular complexity index is 692. The lowest BCUT2D eigenvalue weighted by Gasteiger charge is -2.37. The number of hydrogen-bond acceptors (Lipinski definition) is 3. The maximum Gasteiger partial charge on any atom is 0.251 e. The molecule has 1 aromatic carbocycles. The third-order valence-electron chi connectivity index (χ3n) is 5.24. The molecule has 1 aromatic rings. The molecule has 0 saturated carbocycles. The lowest BCUT2D eigenvalue weighted by Crippen LogP contribution is -2.49. The van der Waals surface area contributed by atoms with E-state index in [4.69, 9.17) is 5.73 Å². The van der Waals surface area contributed by atoms with Crippen molar-refractivity contribution < 1.29 is 14.4 Å². The van der Waals surface area contributed by atoms with Gasteiger partial charge in [0.15, 0.2) is 0 Å². The molecule has 1 aliphatic rings. The third-order valence-corrected chi connectivity index (χ3v) is 5.24.